The smallest absolute Gasteiger partial charge is 0.0223 e. The van der Waals surface area contributed by atoms with Gasteiger partial charge in [0.15, 0.2) is 0 Å². The van der Waals surface area contributed by atoms with E-state index in [1.807, 2.05) is 6.08 Å². The summed E-state index contributed by atoms with van der Waals surface area (Å²) in [5.74, 6) is 1.50. The van der Waals surface area contributed by atoms with Crippen LogP contribution in [0.25, 0.3) is 0 Å². The second-order valence-electron chi connectivity index (χ2n) is 4.04. The maximum Gasteiger partial charge on any atom is 0.0223 e. The van der Waals surface area contributed by atoms with Crippen molar-refractivity contribution in [3.8, 4) is 0 Å². The summed E-state index contributed by atoms with van der Waals surface area (Å²) >= 11 is 5.62. The Morgan fingerprint density at radius 1 is 1.27 bits per heavy atom. The van der Waals surface area contributed by atoms with E-state index in [1.54, 1.807) is 0 Å². The Morgan fingerprint density at radius 2 is 2.07 bits per heavy atom. The average Bonchev–Trinajstić information content (AvgIpc) is 2.25. The lowest BCUT2D eigenvalue weighted by Crippen LogP contribution is -1.94. The van der Waals surface area contributed by atoms with Crippen molar-refractivity contribution in [1.82, 2.24) is 0 Å². The van der Waals surface area contributed by atoms with Crippen molar-refractivity contribution in [3.63, 3.8) is 0 Å². The maximum atomic E-state index is 5.62. The first kappa shape index (κ1) is 14.8. The molecule has 0 bridgehead atoms. The fraction of sp³-hybridized carbons (Fsp3) is 0.714. The van der Waals surface area contributed by atoms with Crippen LogP contribution in [0.2, 0.25) is 0 Å². The van der Waals surface area contributed by atoms with Crippen molar-refractivity contribution in [1.29, 1.82) is 0 Å². The van der Waals surface area contributed by atoms with Crippen LogP contribution in [0.4, 0.5) is 0 Å². The van der Waals surface area contributed by atoms with E-state index in [1.165, 1.54) is 32.1 Å². The molecule has 0 radical (unpaired) electrons. The Labute approximate surface area is 100 Å². The quantitative estimate of drug-likeness (QED) is 0.269. The van der Waals surface area contributed by atoms with Crippen molar-refractivity contribution < 1.29 is 0 Å². The molecule has 0 aromatic heterocycles. The van der Waals surface area contributed by atoms with Crippen LogP contribution in [-0.4, -0.2) is 5.88 Å². The van der Waals surface area contributed by atoms with Gasteiger partial charge in [0.25, 0.3) is 0 Å². The zero-order valence-corrected chi connectivity index (χ0v) is 10.8. The van der Waals surface area contributed by atoms with Gasteiger partial charge in [-0.05, 0) is 38.0 Å². The normalized spacial score (nSPS) is 13.2. The summed E-state index contributed by atoms with van der Waals surface area (Å²) in [4.78, 5) is 0. The van der Waals surface area contributed by atoms with E-state index >= 15 is 0 Å². The molecule has 88 valence electrons. The van der Waals surface area contributed by atoms with Gasteiger partial charge in [-0.15, -0.1) is 18.2 Å². The van der Waals surface area contributed by atoms with Gasteiger partial charge in [0.05, 0.1) is 0 Å². The number of hydrogen-bond donors (Lipinski definition) is 0. The number of halogens is 1. The highest BCUT2D eigenvalue weighted by Gasteiger charge is 2.00. The third-order valence-electron chi connectivity index (χ3n) is 2.56. The Hall–Kier alpha value is -0.230. The first-order chi connectivity index (χ1) is 7.35. The molecule has 0 aromatic rings. The van der Waals surface area contributed by atoms with Crippen LogP contribution in [-0.2, 0) is 0 Å². The summed E-state index contributed by atoms with van der Waals surface area (Å²) in [6.45, 7) is 6.06. The molecule has 0 aliphatic heterocycles. The van der Waals surface area contributed by atoms with E-state index in [9.17, 15) is 0 Å². The van der Waals surface area contributed by atoms with Crippen LogP contribution >= 0.6 is 11.6 Å². The second kappa shape index (κ2) is 11.8. The molecule has 0 spiro atoms. The molecule has 0 rings (SSSR count). The van der Waals surface area contributed by atoms with Crippen molar-refractivity contribution in [2.24, 2.45) is 5.92 Å². The molecule has 15 heavy (non-hydrogen) atoms. The lowest BCUT2D eigenvalue weighted by molar-refractivity contribution is 0.559. The molecule has 0 saturated carbocycles. The molecule has 1 atom stereocenters. The standard InChI is InChI=1S/C14H25Cl/c1-3-5-11-14(10-4-2)12-8-6-7-9-13-15/h4,8,12,14H,2-3,5-7,9-11,13H2,1H3/b12-8-. The molecular formula is C14H25Cl. The molecular weight excluding hydrogens is 204 g/mol. The predicted molar refractivity (Wildman–Crippen MR) is 71.5 cm³/mol. The van der Waals surface area contributed by atoms with Crippen molar-refractivity contribution >= 4 is 11.6 Å². The van der Waals surface area contributed by atoms with Crippen molar-refractivity contribution in [3.05, 3.63) is 24.8 Å². The minimum atomic E-state index is 0.707. The lowest BCUT2D eigenvalue weighted by Gasteiger charge is -2.08. The van der Waals surface area contributed by atoms with Crippen LogP contribution < -0.4 is 0 Å². The summed E-state index contributed by atoms with van der Waals surface area (Å²) in [7, 11) is 0. The summed E-state index contributed by atoms with van der Waals surface area (Å²) in [5, 5.41) is 0. The monoisotopic (exact) mass is 228 g/mol. The number of alkyl halides is 1. The molecule has 0 saturated heterocycles. The molecule has 1 unspecified atom stereocenters. The van der Waals surface area contributed by atoms with Gasteiger partial charge >= 0.3 is 0 Å². The number of allylic oxidation sites excluding steroid dienone is 3. The fourth-order valence-corrected chi connectivity index (χ4v) is 1.81. The molecule has 0 aromatic carbocycles. The molecule has 0 heterocycles. The molecule has 0 fully saturated rings. The molecule has 0 nitrogen and oxygen atoms in total. The summed E-state index contributed by atoms with van der Waals surface area (Å²) in [6.07, 6.45) is 15.3. The van der Waals surface area contributed by atoms with Crippen LogP contribution in [0, 0.1) is 5.92 Å². The maximum absolute atomic E-state index is 5.62. The fourth-order valence-electron chi connectivity index (χ4n) is 1.62. The van der Waals surface area contributed by atoms with Gasteiger partial charge in [-0.25, -0.2) is 0 Å². The predicted octanol–water partition coefficient (Wildman–Crippen LogP) is 5.33. The van der Waals surface area contributed by atoms with Crippen LogP contribution in [0.5, 0.6) is 0 Å². The Bertz CT molecular complexity index is 161. The van der Waals surface area contributed by atoms with Crippen LogP contribution in [0.15, 0.2) is 24.8 Å². The van der Waals surface area contributed by atoms with Crippen LogP contribution in [0.1, 0.15) is 51.9 Å². The molecule has 1 heteroatoms. The van der Waals surface area contributed by atoms with Gasteiger partial charge in [0, 0.05) is 5.88 Å². The van der Waals surface area contributed by atoms with E-state index < -0.39 is 0 Å². The number of hydrogen-bond acceptors (Lipinski definition) is 0. The van der Waals surface area contributed by atoms with Gasteiger partial charge in [-0.1, -0.05) is 38.0 Å². The van der Waals surface area contributed by atoms with Crippen LogP contribution in [0.3, 0.4) is 0 Å². The topological polar surface area (TPSA) is 0 Å². The zero-order chi connectivity index (χ0) is 11.4. The third kappa shape index (κ3) is 10.1. The first-order valence-corrected chi connectivity index (χ1v) is 6.72. The molecule has 0 amide bonds. The summed E-state index contributed by atoms with van der Waals surface area (Å²) in [6, 6.07) is 0. The Kier molecular flexibility index (Phi) is 11.7. The third-order valence-corrected chi connectivity index (χ3v) is 2.83. The minimum Gasteiger partial charge on any atom is -0.127 e. The molecule has 0 N–H and O–H groups in total. The largest absolute Gasteiger partial charge is 0.127 e. The number of rotatable bonds is 10. The SMILES string of the molecule is C=CCC(/C=C\CCCCCl)CCCC. The first-order valence-electron chi connectivity index (χ1n) is 6.18. The Balaban J connectivity index is 3.66. The average molecular weight is 229 g/mol. The zero-order valence-electron chi connectivity index (χ0n) is 10.1. The highest BCUT2D eigenvalue weighted by atomic mass is 35.5. The summed E-state index contributed by atoms with van der Waals surface area (Å²) in [5.41, 5.74) is 0. The van der Waals surface area contributed by atoms with Gasteiger partial charge < -0.3 is 0 Å². The molecule has 0 aliphatic carbocycles. The molecule has 0 aliphatic rings. The lowest BCUT2D eigenvalue weighted by atomic mass is 9.97. The van der Waals surface area contributed by atoms with E-state index in [-0.39, 0.29) is 0 Å². The van der Waals surface area contributed by atoms with Crippen molar-refractivity contribution in [2.45, 2.75) is 51.9 Å². The van der Waals surface area contributed by atoms with E-state index in [4.69, 9.17) is 11.6 Å². The van der Waals surface area contributed by atoms with Gasteiger partial charge in [0.1, 0.15) is 0 Å². The highest BCUT2D eigenvalue weighted by molar-refractivity contribution is 6.17. The Morgan fingerprint density at radius 3 is 2.67 bits per heavy atom. The van der Waals surface area contributed by atoms with Crippen molar-refractivity contribution in [2.75, 3.05) is 5.88 Å². The van der Waals surface area contributed by atoms with E-state index in [0.717, 1.165) is 18.7 Å². The van der Waals surface area contributed by atoms with E-state index in [0.29, 0.717) is 5.92 Å². The van der Waals surface area contributed by atoms with Gasteiger partial charge in [-0.2, -0.15) is 0 Å². The highest BCUT2D eigenvalue weighted by Crippen LogP contribution is 2.15. The summed E-state index contributed by atoms with van der Waals surface area (Å²) < 4.78 is 0. The van der Waals surface area contributed by atoms with Gasteiger partial charge in [0.2, 0.25) is 0 Å². The minimum absolute atomic E-state index is 0.707. The number of unbranched alkanes of at least 4 members (excludes halogenated alkanes) is 3. The second-order valence-corrected chi connectivity index (χ2v) is 4.42. The van der Waals surface area contributed by atoms with E-state index in [2.05, 4.69) is 25.7 Å². The van der Waals surface area contributed by atoms with Gasteiger partial charge in [-0.3, -0.25) is 0 Å².